The summed E-state index contributed by atoms with van der Waals surface area (Å²) < 4.78 is 0. The van der Waals surface area contributed by atoms with Gasteiger partial charge in [-0.05, 0) is 106 Å². The number of aryl methyl sites for hydroxylation is 2. The van der Waals surface area contributed by atoms with Gasteiger partial charge in [-0.1, -0.05) is 130 Å². The normalized spacial score (nSPS) is 14.5. The van der Waals surface area contributed by atoms with Crippen molar-refractivity contribution in [3.8, 4) is 0 Å². The van der Waals surface area contributed by atoms with E-state index in [1.165, 1.54) is 78.3 Å². The van der Waals surface area contributed by atoms with Gasteiger partial charge in [0.15, 0.2) is 0 Å². The molecule has 0 radical (unpaired) electrons. The van der Waals surface area contributed by atoms with E-state index in [1.807, 2.05) is 0 Å². The minimum Gasteiger partial charge on any atom is -0.311 e. The molecule has 4 aromatic carbocycles. The summed E-state index contributed by atoms with van der Waals surface area (Å²) in [4.78, 5) is 10.3. The lowest BCUT2D eigenvalue weighted by atomic mass is 9.32. The Balaban J connectivity index is 1.59. The average molecular weight is 686 g/mol. The summed E-state index contributed by atoms with van der Waals surface area (Å²) >= 11 is 0. The summed E-state index contributed by atoms with van der Waals surface area (Å²) in [5.41, 5.74) is 19.3. The van der Waals surface area contributed by atoms with E-state index in [0.29, 0.717) is 0 Å². The SMILES string of the molecule is CCC1=C(c2ccccc2CC)N(c2ccc(C(C)(C)C)cc2)c2cc(C)cc3c2B1c1cnc(C(C)(C)C)cc1N3c1ccc(C(C)(C)C)cc1. The molecule has 0 N–H and O–H groups in total. The van der Waals surface area contributed by atoms with Gasteiger partial charge in [-0.2, -0.15) is 0 Å². The molecule has 2 aliphatic heterocycles. The molecule has 7 rings (SSSR count). The monoisotopic (exact) mass is 685 g/mol. The van der Waals surface area contributed by atoms with Crippen LogP contribution in [0.25, 0.3) is 5.70 Å². The van der Waals surface area contributed by atoms with E-state index in [0.717, 1.165) is 18.5 Å². The fourth-order valence-electron chi connectivity index (χ4n) is 8.25. The minimum absolute atomic E-state index is 0.0712. The molecule has 52 heavy (non-hydrogen) atoms. The van der Waals surface area contributed by atoms with Crippen LogP contribution in [0.2, 0.25) is 0 Å². The van der Waals surface area contributed by atoms with E-state index in [1.54, 1.807) is 0 Å². The van der Waals surface area contributed by atoms with Crippen molar-refractivity contribution in [2.24, 2.45) is 0 Å². The Hall–Kier alpha value is -4.57. The first-order valence-electron chi connectivity index (χ1n) is 19.3. The van der Waals surface area contributed by atoms with Crippen molar-refractivity contribution in [2.75, 3.05) is 9.80 Å². The summed E-state index contributed by atoms with van der Waals surface area (Å²) in [5, 5.41) is 0. The number of allylic oxidation sites excluding steroid dienone is 1. The molecule has 0 amide bonds. The largest absolute Gasteiger partial charge is 0.311 e. The van der Waals surface area contributed by atoms with E-state index in [2.05, 4.69) is 190 Å². The van der Waals surface area contributed by atoms with E-state index >= 15 is 0 Å². The Labute approximate surface area is 313 Å². The minimum atomic E-state index is -0.0912. The molecule has 4 heteroatoms. The van der Waals surface area contributed by atoms with Crippen molar-refractivity contribution < 1.29 is 0 Å². The first-order chi connectivity index (χ1) is 24.5. The third kappa shape index (κ3) is 6.08. The molecule has 3 heterocycles. The van der Waals surface area contributed by atoms with Gasteiger partial charge in [0.2, 0.25) is 6.71 Å². The van der Waals surface area contributed by atoms with Crippen LogP contribution in [0, 0.1) is 6.92 Å². The second kappa shape index (κ2) is 12.8. The molecule has 1 aromatic heterocycles. The zero-order valence-corrected chi connectivity index (χ0v) is 33.6. The van der Waals surface area contributed by atoms with Crippen LogP contribution in [0.5, 0.6) is 0 Å². The molecule has 5 aromatic rings. The molecule has 0 aliphatic carbocycles. The Morgan fingerprint density at radius 3 is 1.65 bits per heavy atom. The molecule has 0 unspecified atom stereocenters. The number of hydrogen-bond acceptors (Lipinski definition) is 3. The zero-order valence-electron chi connectivity index (χ0n) is 33.6. The van der Waals surface area contributed by atoms with Crippen molar-refractivity contribution in [3.63, 3.8) is 0 Å². The van der Waals surface area contributed by atoms with E-state index in [-0.39, 0.29) is 23.0 Å². The fraction of sp³-hybridized carbons (Fsp3) is 0.354. The topological polar surface area (TPSA) is 19.4 Å². The van der Waals surface area contributed by atoms with E-state index in [9.17, 15) is 0 Å². The van der Waals surface area contributed by atoms with Crippen LogP contribution in [0.1, 0.15) is 116 Å². The van der Waals surface area contributed by atoms with E-state index in [4.69, 9.17) is 4.98 Å². The lowest BCUT2D eigenvalue weighted by Crippen LogP contribution is -2.56. The summed E-state index contributed by atoms with van der Waals surface area (Å²) in [6, 6.07) is 34.9. The van der Waals surface area contributed by atoms with Gasteiger partial charge in [-0.3, -0.25) is 4.98 Å². The molecule has 3 nitrogen and oxygen atoms in total. The fourth-order valence-corrected chi connectivity index (χ4v) is 8.25. The molecule has 2 aliphatic rings. The van der Waals surface area contributed by atoms with Crippen LogP contribution >= 0.6 is 0 Å². The van der Waals surface area contributed by atoms with Gasteiger partial charge in [-0.15, -0.1) is 0 Å². The maximum Gasteiger partial charge on any atom is 0.249 e. The number of hydrogen-bond donors (Lipinski definition) is 0. The van der Waals surface area contributed by atoms with Crippen LogP contribution in [0.4, 0.5) is 28.4 Å². The van der Waals surface area contributed by atoms with Gasteiger partial charge in [0.1, 0.15) is 0 Å². The molecule has 266 valence electrons. The van der Waals surface area contributed by atoms with Gasteiger partial charge >= 0.3 is 0 Å². The molecule has 0 spiro atoms. The van der Waals surface area contributed by atoms with Crippen molar-refractivity contribution in [3.05, 3.63) is 136 Å². The summed E-state index contributed by atoms with van der Waals surface area (Å²) in [5.74, 6) is 0. The number of fused-ring (bicyclic) bond motifs is 2. The first-order valence-corrected chi connectivity index (χ1v) is 19.3. The third-order valence-corrected chi connectivity index (χ3v) is 11.2. The van der Waals surface area contributed by atoms with Gasteiger partial charge in [-0.25, -0.2) is 0 Å². The zero-order chi connectivity index (χ0) is 37.3. The number of pyridine rings is 1. The van der Waals surface area contributed by atoms with Crippen LogP contribution in [-0.2, 0) is 22.7 Å². The highest BCUT2D eigenvalue weighted by Gasteiger charge is 2.45. The van der Waals surface area contributed by atoms with Gasteiger partial charge in [0, 0.05) is 57.0 Å². The Bertz CT molecular complexity index is 2170. The highest BCUT2D eigenvalue weighted by atomic mass is 15.2. The molecule has 0 saturated heterocycles. The first kappa shape index (κ1) is 35.8. The smallest absolute Gasteiger partial charge is 0.249 e. The lowest BCUT2D eigenvalue weighted by Gasteiger charge is -2.46. The number of anilines is 5. The lowest BCUT2D eigenvalue weighted by molar-refractivity contribution is 0.569. The maximum absolute atomic E-state index is 5.23. The highest BCUT2D eigenvalue weighted by Crippen LogP contribution is 2.48. The number of aromatic nitrogens is 1. The summed E-state index contributed by atoms with van der Waals surface area (Å²) in [7, 11) is 0. The second-order valence-corrected chi connectivity index (χ2v) is 18.0. The van der Waals surface area contributed by atoms with Gasteiger partial charge in [0.05, 0.1) is 0 Å². The van der Waals surface area contributed by atoms with E-state index < -0.39 is 0 Å². The molecular weight excluding hydrogens is 629 g/mol. The van der Waals surface area contributed by atoms with Crippen molar-refractivity contribution >= 4 is 51.8 Å². The average Bonchev–Trinajstić information content (AvgIpc) is 3.10. The predicted octanol–water partition coefficient (Wildman–Crippen LogP) is 11.7. The maximum atomic E-state index is 5.23. The van der Waals surface area contributed by atoms with Gasteiger partial charge in [0.25, 0.3) is 0 Å². The molecule has 0 bridgehead atoms. The van der Waals surface area contributed by atoms with Crippen LogP contribution in [-0.4, -0.2) is 11.7 Å². The number of benzene rings is 4. The van der Waals surface area contributed by atoms with Crippen LogP contribution in [0.3, 0.4) is 0 Å². The Kier molecular flexibility index (Phi) is 8.84. The quantitative estimate of drug-likeness (QED) is 0.172. The Morgan fingerprint density at radius 1 is 0.596 bits per heavy atom. The third-order valence-electron chi connectivity index (χ3n) is 11.2. The van der Waals surface area contributed by atoms with Crippen molar-refractivity contribution in [1.82, 2.24) is 4.98 Å². The Morgan fingerprint density at radius 2 is 1.13 bits per heavy atom. The molecule has 0 fully saturated rings. The van der Waals surface area contributed by atoms with Crippen molar-refractivity contribution in [1.29, 1.82) is 0 Å². The van der Waals surface area contributed by atoms with Gasteiger partial charge < -0.3 is 9.80 Å². The predicted molar refractivity (Wildman–Crippen MR) is 226 cm³/mol. The summed E-state index contributed by atoms with van der Waals surface area (Å²) in [6.45, 7) is 27.5. The summed E-state index contributed by atoms with van der Waals surface area (Å²) in [6.07, 6.45) is 4.09. The van der Waals surface area contributed by atoms with Crippen molar-refractivity contribution in [2.45, 2.75) is 112 Å². The number of rotatable bonds is 5. The second-order valence-electron chi connectivity index (χ2n) is 18.0. The van der Waals surface area contributed by atoms with Crippen LogP contribution in [0.15, 0.2) is 103 Å². The van der Waals surface area contributed by atoms with Crippen LogP contribution < -0.4 is 20.7 Å². The highest BCUT2D eigenvalue weighted by molar-refractivity contribution is 6.96. The molecular formula is C48H56BN3. The molecule has 0 atom stereocenters. The molecule has 0 saturated carbocycles. The standard InChI is InChI=1S/C48H56BN3/c1-13-32-17-15-16-18-37(32)45-38(14-2)49-39-30-50-43(48(10,11)12)29-40(39)51(35-23-19-33(20-24-35)46(4,5)6)41-27-31(3)28-42(44(41)49)52(45)36-25-21-34(22-26-36)47(7,8)9/h15-30H,13-14H2,1-12H3. The number of nitrogens with zero attached hydrogens (tertiary/aromatic N) is 3.